The highest BCUT2D eigenvalue weighted by Crippen LogP contribution is 2.33. The maximum atomic E-state index is 12.4. The number of fused-ring (bicyclic) bond motifs is 1. The van der Waals surface area contributed by atoms with Crippen molar-refractivity contribution in [2.75, 3.05) is 24.9 Å². The number of nitrogens with one attached hydrogen (secondary N) is 2. The van der Waals surface area contributed by atoms with E-state index < -0.39 is 0 Å². The maximum Gasteiger partial charge on any atom is 0.227 e. The van der Waals surface area contributed by atoms with Gasteiger partial charge in [-0.3, -0.25) is 9.59 Å². The normalized spacial score (nSPS) is 15.5. The fraction of sp³-hybridized carbons (Fsp3) is 0.333. The average molecular weight is 368 g/mol. The standard InChI is InChI=1S/C21H24N2O4/c1-13-10-18(26-2)19(27-3)12-17(13)22-20(24)9-8-15-11-14-6-4-5-7-16(14)23-21(15)25/h4-7,10,12,15H,8-9,11H2,1-3H3,(H,22,24)(H,23,25). The van der Waals surface area contributed by atoms with Crippen LogP contribution in [0, 0.1) is 12.8 Å². The lowest BCUT2D eigenvalue weighted by molar-refractivity contribution is -0.121. The van der Waals surface area contributed by atoms with Crippen molar-refractivity contribution in [2.24, 2.45) is 5.92 Å². The first-order valence-corrected chi connectivity index (χ1v) is 8.93. The molecule has 0 aromatic heterocycles. The van der Waals surface area contributed by atoms with Crippen molar-refractivity contribution in [3.05, 3.63) is 47.5 Å². The Balaban J connectivity index is 1.61. The van der Waals surface area contributed by atoms with E-state index in [2.05, 4.69) is 10.6 Å². The van der Waals surface area contributed by atoms with Gasteiger partial charge in [-0.25, -0.2) is 0 Å². The minimum atomic E-state index is -0.197. The van der Waals surface area contributed by atoms with Gasteiger partial charge in [-0.05, 0) is 43.0 Å². The van der Waals surface area contributed by atoms with Crippen LogP contribution in [-0.4, -0.2) is 26.0 Å². The lowest BCUT2D eigenvalue weighted by Gasteiger charge is -2.24. The number of benzene rings is 2. The molecule has 1 heterocycles. The van der Waals surface area contributed by atoms with Crippen LogP contribution in [0.3, 0.4) is 0 Å². The number of carbonyl (C=O) groups excluding carboxylic acids is 2. The van der Waals surface area contributed by atoms with Gasteiger partial charge in [0.05, 0.1) is 14.2 Å². The Labute approximate surface area is 158 Å². The molecule has 0 spiro atoms. The Kier molecular flexibility index (Phi) is 5.64. The zero-order chi connectivity index (χ0) is 19.4. The summed E-state index contributed by atoms with van der Waals surface area (Å²) in [6.45, 7) is 1.89. The SMILES string of the molecule is COc1cc(C)c(NC(=O)CCC2Cc3ccccc3NC2=O)cc1OC. The van der Waals surface area contributed by atoms with Crippen molar-refractivity contribution in [3.8, 4) is 11.5 Å². The van der Waals surface area contributed by atoms with Crippen molar-refractivity contribution in [3.63, 3.8) is 0 Å². The summed E-state index contributed by atoms with van der Waals surface area (Å²) in [5, 5.41) is 5.82. The molecule has 0 saturated carbocycles. The minimum absolute atomic E-state index is 0.0243. The molecule has 1 aliphatic rings. The van der Waals surface area contributed by atoms with Gasteiger partial charge in [0.2, 0.25) is 11.8 Å². The van der Waals surface area contributed by atoms with Crippen LogP contribution in [0.5, 0.6) is 11.5 Å². The summed E-state index contributed by atoms with van der Waals surface area (Å²) in [7, 11) is 3.13. The molecule has 1 aliphatic heterocycles. The van der Waals surface area contributed by atoms with E-state index in [4.69, 9.17) is 9.47 Å². The molecule has 0 bridgehead atoms. The van der Waals surface area contributed by atoms with Crippen LogP contribution in [0.1, 0.15) is 24.0 Å². The third-order valence-electron chi connectivity index (χ3n) is 4.84. The van der Waals surface area contributed by atoms with E-state index in [1.807, 2.05) is 37.3 Å². The van der Waals surface area contributed by atoms with Gasteiger partial charge in [-0.15, -0.1) is 0 Å². The molecule has 1 unspecified atom stereocenters. The lowest BCUT2D eigenvalue weighted by atomic mass is 9.89. The Morgan fingerprint density at radius 2 is 1.89 bits per heavy atom. The van der Waals surface area contributed by atoms with E-state index in [1.165, 1.54) is 0 Å². The lowest BCUT2D eigenvalue weighted by Crippen LogP contribution is -2.30. The highest BCUT2D eigenvalue weighted by molar-refractivity contribution is 5.96. The van der Waals surface area contributed by atoms with Gasteiger partial charge in [0, 0.05) is 29.8 Å². The molecule has 2 N–H and O–H groups in total. The van der Waals surface area contributed by atoms with Crippen LogP contribution in [0.25, 0.3) is 0 Å². The number of rotatable bonds is 6. The van der Waals surface area contributed by atoms with E-state index in [0.717, 1.165) is 16.8 Å². The van der Waals surface area contributed by atoms with E-state index in [0.29, 0.717) is 30.0 Å². The Morgan fingerprint density at radius 1 is 1.19 bits per heavy atom. The second kappa shape index (κ2) is 8.12. The van der Waals surface area contributed by atoms with Crippen molar-refractivity contribution in [1.29, 1.82) is 0 Å². The molecule has 1 atom stereocenters. The van der Waals surface area contributed by atoms with Crippen LogP contribution in [0.15, 0.2) is 36.4 Å². The van der Waals surface area contributed by atoms with Crippen LogP contribution in [-0.2, 0) is 16.0 Å². The van der Waals surface area contributed by atoms with E-state index in [1.54, 1.807) is 20.3 Å². The van der Waals surface area contributed by atoms with E-state index in [9.17, 15) is 9.59 Å². The predicted molar refractivity (Wildman–Crippen MR) is 104 cm³/mol. The fourth-order valence-electron chi connectivity index (χ4n) is 3.28. The van der Waals surface area contributed by atoms with Gasteiger partial charge in [-0.2, -0.15) is 0 Å². The number of hydrogen-bond acceptors (Lipinski definition) is 4. The Hall–Kier alpha value is -3.02. The second-order valence-corrected chi connectivity index (χ2v) is 6.66. The van der Waals surface area contributed by atoms with E-state index in [-0.39, 0.29) is 24.2 Å². The molecule has 0 radical (unpaired) electrons. The van der Waals surface area contributed by atoms with Gasteiger partial charge in [0.25, 0.3) is 0 Å². The van der Waals surface area contributed by atoms with Crippen LogP contribution >= 0.6 is 0 Å². The minimum Gasteiger partial charge on any atom is -0.493 e. The largest absolute Gasteiger partial charge is 0.493 e. The molecule has 0 saturated heterocycles. The smallest absolute Gasteiger partial charge is 0.227 e. The van der Waals surface area contributed by atoms with Gasteiger partial charge < -0.3 is 20.1 Å². The molecular weight excluding hydrogens is 344 g/mol. The predicted octanol–water partition coefficient (Wildman–Crippen LogP) is 3.54. The zero-order valence-corrected chi connectivity index (χ0v) is 15.8. The number of methoxy groups -OCH3 is 2. The number of amides is 2. The van der Waals surface area contributed by atoms with Crippen molar-refractivity contribution < 1.29 is 19.1 Å². The molecule has 6 heteroatoms. The molecule has 2 aromatic carbocycles. The van der Waals surface area contributed by atoms with Crippen LogP contribution in [0.2, 0.25) is 0 Å². The van der Waals surface area contributed by atoms with E-state index >= 15 is 0 Å². The number of aryl methyl sites for hydroxylation is 1. The quantitative estimate of drug-likeness (QED) is 0.818. The molecule has 0 aliphatic carbocycles. The van der Waals surface area contributed by atoms with Crippen molar-refractivity contribution in [1.82, 2.24) is 0 Å². The number of carbonyl (C=O) groups is 2. The Bertz CT molecular complexity index is 863. The third kappa shape index (κ3) is 4.22. The summed E-state index contributed by atoms with van der Waals surface area (Å²) in [6, 6.07) is 11.3. The summed E-state index contributed by atoms with van der Waals surface area (Å²) in [5.74, 6) is 0.824. The molecule has 2 aromatic rings. The number of ether oxygens (including phenoxy) is 2. The number of para-hydroxylation sites is 1. The highest BCUT2D eigenvalue weighted by atomic mass is 16.5. The van der Waals surface area contributed by atoms with Gasteiger partial charge in [0.15, 0.2) is 11.5 Å². The molecule has 142 valence electrons. The van der Waals surface area contributed by atoms with Gasteiger partial charge in [0.1, 0.15) is 0 Å². The second-order valence-electron chi connectivity index (χ2n) is 6.66. The first kappa shape index (κ1) is 18.8. The van der Waals surface area contributed by atoms with Crippen LogP contribution < -0.4 is 20.1 Å². The molecule has 2 amide bonds. The third-order valence-corrected chi connectivity index (χ3v) is 4.84. The van der Waals surface area contributed by atoms with Crippen molar-refractivity contribution >= 4 is 23.2 Å². The molecule has 6 nitrogen and oxygen atoms in total. The summed E-state index contributed by atoms with van der Waals surface area (Å²) in [4.78, 5) is 24.7. The number of hydrogen-bond donors (Lipinski definition) is 2. The maximum absolute atomic E-state index is 12.4. The Morgan fingerprint density at radius 3 is 2.63 bits per heavy atom. The summed E-state index contributed by atoms with van der Waals surface area (Å²) < 4.78 is 10.5. The molecule has 27 heavy (non-hydrogen) atoms. The summed E-state index contributed by atoms with van der Waals surface area (Å²) >= 11 is 0. The van der Waals surface area contributed by atoms with Crippen molar-refractivity contribution in [2.45, 2.75) is 26.2 Å². The average Bonchev–Trinajstić information content (AvgIpc) is 2.67. The highest BCUT2D eigenvalue weighted by Gasteiger charge is 2.26. The summed E-state index contributed by atoms with van der Waals surface area (Å²) in [5.41, 5.74) is 3.53. The molecular formula is C21H24N2O4. The monoisotopic (exact) mass is 368 g/mol. The van der Waals surface area contributed by atoms with Crippen LogP contribution in [0.4, 0.5) is 11.4 Å². The molecule has 3 rings (SSSR count). The zero-order valence-electron chi connectivity index (χ0n) is 15.8. The van der Waals surface area contributed by atoms with Gasteiger partial charge in [-0.1, -0.05) is 18.2 Å². The fourth-order valence-corrected chi connectivity index (χ4v) is 3.28. The number of anilines is 2. The summed E-state index contributed by atoms with van der Waals surface area (Å²) in [6.07, 6.45) is 1.43. The first-order valence-electron chi connectivity index (χ1n) is 8.93. The van der Waals surface area contributed by atoms with Gasteiger partial charge >= 0.3 is 0 Å². The topological polar surface area (TPSA) is 76.7 Å². The molecule has 0 fully saturated rings. The first-order chi connectivity index (χ1) is 13.0.